The summed E-state index contributed by atoms with van der Waals surface area (Å²) in [5.74, 6) is 0. The summed E-state index contributed by atoms with van der Waals surface area (Å²) in [5, 5.41) is 2.73. The van der Waals surface area contributed by atoms with Crippen LogP contribution in [0.3, 0.4) is 0 Å². The second kappa shape index (κ2) is 5.18. The van der Waals surface area contributed by atoms with Gasteiger partial charge in [-0.2, -0.15) is 0 Å². The normalized spacial score (nSPS) is 32.2. The van der Waals surface area contributed by atoms with Crippen LogP contribution in [0.5, 0.6) is 0 Å². The van der Waals surface area contributed by atoms with Crippen molar-refractivity contribution in [3.05, 3.63) is 0 Å². The fourth-order valence-electron chi connectivity index (χ4n) is 2.36. The van der Waals surface area contributed by atoms with Gasteiger partial charge in [0.15, 0.2) is 0 Å². The third-order valence-electron chi connectivity index (χ3n) is 3.13. The molecule has 0 aliphatic carbocycles. The van der Waals surface area contributed by atoms with Crippen LogP contribution in [0.15, 0.2) is 0 Å². The Bertz CT molecular complexity index is 204. The Labute approximate surface area is 88.8 Å². The number of halogens is 2. The summed E-state index contributed by atoms with van der Waals surface area (Å²) in [4.78, 5) is 2.41. The van der Waals surface area contributed by atoms with E-state index in [9.17, 15) is 8.78 Å². The molecule has 0 aromatic rings. The van der Waals surface area contributed by atoms with E-state index >= 15 is 0 Å². The minimum absolute atomic E-state index is 0.0816. The molecule has 0 aromatic heterocycles. The molecule has 2 atom stereocenters. The number of hydrogen-bond donors (Lipinski definition) is 1. The van der Waals surface area contributed by atoms with Gasteiger partial charge < -0.3 is 10.1 Å². The number of nitrogens with one attached hydrogen (secondary N) is 1. The molecule has 0 aromatic carbocycles. The molecular formula is C10H18F2N2O. The monoisotopic (exact) mass is 220 g/mol. The Balaban J connectivity index is 1.66. The third-order valence-corrected chi connectivity index (χ3v) is 3.13. The van der Waals surface area contributed by atoms with E-state index in [-0.39, 0.29) is 12.6 Å². The van der Waals surface area contributed by atoms with Gasteiger partial charge in [-0.1, -0.05) is 0 Å². The highest BCUT2D eigenvalue weighted by molar-refractivity contribution is 4.85. The zero-order chi connectivity index (χ0) is 10.7. The number of ether oxygens (including phenoxy) is 1. The van der Waals surface area contributed by atoms with Crippen molar-refractivity contribution in [3.8, 4) is 0 Å². The van der Waals surface area contributed by atoms with Crippen LogP contribution < -0.4 is 5.32 Å². The predicted octanol–water partition coefficient (Wildman–Crippen LogP) is 0.704. The molecule has 2 unspecified atom stereocenters. The first-order chi connectivity index (χ1) is 7.25. The molecule has 2 aliphatic heterocycles. The van der Waals surface area contributed by atoms with Crippen molar-refractivity contribution in [1.82, 2.24) is 10.2 Å². The standard InChI is InChI=1S/C10H18F2N2O/c11-10(12)5-13-4-9-6-14-3-1-2-8(14)7-15-9/h8-10,13H,1-7H2. The average Bonchev–Trinajstić information content (AvgIpc) is 2.64. The van der Waals surface area contributed by atoms with Gasteiger partial charge in [0.1, 0.15) is 0 Å². The van der Waals surface area contributed by atoms with Crippen molar-refractivity contribution in [2.24, 2.45) is 0 Å². The zero-order valence-electron chi connectivity index (χ0n) is 8.79. The van der Waals surface area contributed by atoms with Crippen LogP contribution in [0.1, 0.15) is 12.8 Å². The molecule has 2 aliphatic rings. The van der Waals surface area contributed by atoms with E-state index in [1.807, 2.05) is 0 Å². The zero-order valence-corrected chi connectivity index (χ0v) is 8.79. The number of fused-ring (bicyclic) bond motifs is 1. The van der Waals surface area contributed by atoms with E-state index < -0.39 is 6.43 Å². The van der Waals surface area contributed by atoms with Gasteiger partial charge in [-0.15, -0.1) is 0 Å². The number of nitrogens with zero attached hydrogens (tertiary/aromatic N) is 1. The number of alkyl halides is 2. The molecular weight excluding hydrogens is 202 g/mol. The predicted molar refractivity (Wildman–Crippen MR) is 53.2 cm³/mol. The van der Waals surface area contributed by atoms with Gasteiger partial charge in [-0.3, -0.25) is 4.90 Å². The maximum absolute atomic E-state index is 11.9. The van der Waals surface area contributed by atoms with E-state index in [0.29, 0.717) is 12.6 Å². The molecule has 0 amide bonds. The van der Waals surface area contributed by atoms with Crippen molar-refractivity contribution < 1.29 is 13.5 Å². The Hall–Kier alpha value is -0.260. The largest absolute Gasteiger partial charge is 0.374 e. The summed E-state index contributed by atoms with van der Waals surface area (Å²) in [6.45, 7) is 3.10. The highest BCUT2D eigenvalue weighted by Gasteiger charge is 2.31. The van der Waals surface area contributed by atoms with Gasteiger partial charge in [0.25, 0.3) is 6.43 Å². The summed E-state index contributed by atoms with van der Waals surface area (Å²) in [7, 11) is 0. The van der Waals surface area contributed by atoms with E-state index in [1.54, 1.807) is 0 Å². The lowest BCUT2D eigenvalue weighted by molar-refractivity contribution is -0.0479. The molecule has 1 N–H and O–H groups in total. The van der Waals surface area contributed by atoms with Gasteiger partial charge in [0.05, 0.1) is 19.3 Å². The van der Waals surface area contributed by atoms with E-state index in [1.165, 1.54) is 12.8 Å². The van der Waals surface area contributed by atoms with Gasteiger partial charge in [-0.05, 0) is 19.4 Å². The highest BCUT2D eigenvalue weighted by atomic mass is 19.3. The molecule has 2 rings (SSSR count). The van der Waals surface area contributed by atoms with Crippen LogP contribution in [0.2, 0.25) is 0 Å². The molecule has 15 heavy (non-hydrogen) atoms. The second-order valence-corrected chi connectivity index (χ2v) is 4.30. The van der Waals surface area contributed by atoms with Crippen molar-refractivity contribution in [2.75, 3.05) is 32.8 Å². The maximum atomic E-state index is 11.9. The smallest absolute Gasteiger partial charge is 0.250 e. The molecule has 2 heterocycles. The second-order valence-electron chi connectivity index (χ2n) is 4.30. The van der Waals surface area contributed by atoms with Gasteiger partial charge in [0.2, 0.25) is 0 Å². The van der Waals surface area contributed by atoms with E-state index in [4.69, 9.17) is 4.74 Å². The summed E-state index contributed by atoms with van der Waals surface area (Å²) >= 11 is 0. The number of hydrogen-bond acceptors (Lipinski definition) is 3. The fourth-order valence-corrected chi connectivity index (χ4v) is 2.36. The Morgan fingerprint density at radius 1 is 1.47 bits per heavy atom. The summed E-state index contributed by atoms with van der Waals surface area (Å²) in [6, 6.07) is 0.580. The molecule has 2 fully saturated rings. The lowest BCUT2D eigenvalue weighted by Crippen LogP contribution is -2.49. The van der Waals surface area contributed by atoms with Crippen molar-refractivity contribution in [1.29, 1.82) is 0 Å². The molecule has 2 saturated heterocycles. The quantitative estimate of drug-likeness (QED) is 0.755. The average molecular weight is 220 g/mol. The Kier molecular flexibility index (Phi) is 3.88. The fraction of sp³-hybridized carbons (Fsp3) is 1.00. The minimum atomic E-state index is -2.27. The number of morpholine rings is 1. The molecule has 0 spiro atoms. The topological polar surface area (TPSA) is 24.5 Å². The first kappa shape index (κ1) is 11.2. The van der Waals surface area contributed by atoms with Crippen LogP contribution in [0, 0.1) is 0 Å². The third kappa shape index (κ3) is 3.09. The summed E-state index contributed by atoms with van der Waals surface area (Å²) in [6.07, 6.45) is 0.272. The van der Waals surface area contributed by atoms with Crippen molar-refractivity contribution in [2.45, 2.75) is 31.4 Å². The van der Waals surface area contributed by atoms with Gasteiger partial charge >= 0.3 is 0 Å². The van der Waals surface area contributed by atoms with Crippen molar-refractivity contribution in [3.63, 3.8) is 0 Å². The van der Waals surface area contributed by atoms with Crippen LogP contribution in [0.25, 0.3) is 0 Å². The Morgan fingerprint density at radius 2 is 2.33 bits per heavy atom. The number of rotatable bonds is 4. The summed E-state index contributed by atoms with van der Waals surface area (Å²) in [5.41, 5.74) is 0. The van der Waals surface area contributed by atoms with Crippen molar-refractivity contribution >= 4 is 0 Å². The minimum Gasteiger partial charge on any atom is -0.374 e. The van der Waals surface area contributed by atoms with Crippen LogP contribution >= 0.6 is 0 Å². The lowest BCUT2D eigenvalue weighted by atomic mass is 10.2. The lowest BCUT2D eigenvalue weighted by Gasteiger charge is -2.35. The molecule has 0 saturated carbocycles. The van der Waals surface area contributed by atoms with Crippen LogP contribution in [-0.4, -0.2) is 56.3 Å². The summed E-state index contributed by atoms with van der Waals surface area (Å²) < 4.78 is 29.4. The molecule has 3 nitrogen and oxygen atoms in total. The van der Waals surface area contributed by atoms with Crippen LogP contribution in [-0.2, 0) is 4.74 Å². The van der Waals surface area contributed by atoms with Gasteiger partial charge in [-0.25, -0.2) is 8.78 Å². The van der Waals surface area contributed by atoms with E-state index in [0.717, 1.165) is 19.7 Å². The van der Waals surface area contributed by atoms with E-state index in [2.05, 4.69) is 10.2 Å². The molecule has 5 heteroatoms. The first-order valence-electron chi connectivity index (χ1n) is 5.60. The maximum Gasteiger partial charge on any atom is 0.250 e. The molecule has 0 radical (unpaired) electrons. The highest BCUT2D eigenvalue weighted by Crippen LogP contribution is 2.22. The first-order valence-corrected chi connectivity index (χ1v) is 5.60. The van der Waals surface area contributed by atoms with Crippen LogP contribution in [0.4, 0.5) is 8.78 Å². The SMILES string of the molecule is FC(F)CNCC1CN2CCCC2CO1. The Morgan fingerprint density at radius 3 is 3.13 bits per heavy atom. The molecule has 88 valence electrons. The van der Waals surface area contributed by atoms with Gasteiger partial charge in [0, 0.05) is 19.1 Å². The molecule has 0 bridgehead atoms.